The molecule has 0 spiro atoms. The molecule has 0 fully saturated rings. The van der Waals surface area contributed by atoms with Gasteiger partial charge in [0, 0.05) is 6.42 Å². The first kappa shape index (κ1) is 19.4. The number of benzene rings is 2. The summed E-state index contributed by atoms with van der Waals surface area (Å²) >= 11 is 11.6. The van der Waals surface area contributed by atoms with Crippen LogP contribution < -0.4 is 10.5 Å². The van der Waals surface area contributed by atoms with Crippen LogP contribution in [0.5, 0.6) is 5.75 Å². The van der Waals surface area contributed by atoms with E-state index in [2.05, 4.69) is 0 Å². The molecular formula is C16H13Cl2NO5S. The molecule has 0 saturated carbocycles. The van der Waals surface area contributed by atoms with Crippen molar-refractivity contribution in [1.82, 2.24) is 0 Å². The monoisotopic (exact) mass is 401 g/mol. The molecule has 0 aromatic heterocycles. The van der Waals surface area contributed by atoms with Gasteiger partial charge in [-0.3, -0.25) is 0 Å². The summed E-state index contributed by atoms with van der Waals surface area (Å²) < 4.78 is 30.7. The number of halogens is 2. The van der Waals surface area contributed by atoms with E-state index in [1.807, 2.05) is 0 Å². The Morgan fingerprint density at radius 1 is 1.12 bits per heavy atom. The quantitative estimate of drug-likeness (QED) is 0.453. The van der Waals surface area contributed by atoms with Gasteiger partial charge in [0.1, 0.15) is 12.0 Å². The van der Waals surface area contributed by atoms with Gasteiger partial charge in [0.05, 0.1) is 14.9 Å². The highest BCUT2D eigenvalue weighted by Crippen LogP contribution is 2.31. The lowest BCUT2D eigenvalue weighted by Crippen LogP contribution is -2.56. The molecule has 0 amide bonds. The highest BCUT2D eigenvalue weighted by molar-refractivity contribution is 7.93. The smallest absolute Gasteiger partial charge is 0.348 e. The topological polar surface area (TPSA) is 104 Å². The van der Waals surface area contributed by atoms with Crippen LogP contribution in [0.2, 0.25) is 10.0 Å². The van der Waals surface area contributed by atoms with Gasteiger partial charge in [-0.1, -0.05) is 41.4 Å². The van der Waals surface area contributed by atoms with Crippen LogP contribution in [0.4, 0.5) is 0 Å². The maximum atomic E-state index is 12.9. The molecule has 2 aromatic carbocycles. The minimum absolute atomic E-state index is 0.0346. The van der Waals surface area contributed by atoms with Crippen molar-refractivity contribution in [3.8, 4) is 5.75 Å². The summed E-state index contributed by atoms with van der Waals surface area (Å²) in [6.07, 6.45) is -0.553. The lowest BCUT2D eigenvalue weighted by atomic mass is 10.2. The molecule has 0 aliphatic rings. The molecule has 9 heteroatoms. The van der Waals surface area contributed by atoms with Crippen molar-refractivity contribution in [3.05, 3.63) is 58.6 Å². The third-order valence-electron chi connectivity index (χ3n) is 3.37. The van der Waals surface area contributed by atoms with E-state index in [0.29, 0.717) is 0 Å². The molecule has 2 aromatic rings. The number of carbonyl (C=O) groups is 2. The molecule has 132 valence electrons. The molecule has 0 aliphatic carbocycles. The summed E-state index contributed by atoms with van der Waals surface area (Å²) in [5, 5.41) is 0.0955. The van der Waals surface area contributed by atoms with Gasteiger partial charge in [-0.05, 0) is 30.3 Å². The van der Waals surface area contributed by atoms with Crippen molar-refractivity contribution in [2.75, 3.05) is 0 Å². The van der Waals surface area contributed by atoms with Crippen molar-refractivity contribution in [2.24, 2.45) is 5.73 Å². The van der Waals surface area contributed by atoms with Crippen LogP contribution in [0.1, 0.15) is 6.42 Å². The molecule has 6 nitrogen and oxygen atoms in total. The molecule has 2 rings (SSSR count). The van der Waals surface area contributed by atoms with Crippen molar-refractivity contribution >= 4 is 45.3 Å². The highest BCUT2D eigenvalue weighted by Gasteiger charge is 2.50. The highest BCUT2D eigenvalue weighted by atomic mass is 35.5. The fourth-order valence-corrected chi connectivity index (χ4v) is 3.81. The Morgan fingerprint density at radius 2 is 1.76 bits per heavy atom. The number of ether oxygens (including phenoxy) is 1. The predicted octanol–water partition coefficient (Wildman–Crippen LogP) is 2.62. The standard InChI is InChI=1S/C16H13Cl2NO5S/c17-13-7-6-12(10-14(13)18)25(22,23)16(19,8-9-20)15(21)24-11-4-2-1-3-5-11/h1-7,9-10H,8,19H2. The number of hydrogen-bond donors (Lipinski definition) is 1. The van der Waals surface area contributed by atoms with E-state index in [1.165, 1.54) is 18.2 Å². The Morgan fingerprint density at radius 3 is 2.32 bits per heavy atom. The lowest BCUT2D eigenvalue weighted by Gasteiger charge is -2.25. The SMILES string of the molecule is NC(CC=O)(C(=O)Oc1ccccc1)S(=O)(=O)c1ccc(Cl)c(Cl)c1. The molecule has 1 atom stereocenters. The van der Waals surface area contributed by atoms with Crippen LogP contribution in [-0.2, 0) is 19.4 Å². The number of sulfone groups is 1. The third kappa shape index (κ3) is 3.85. The van der Waals surface area contributed by atoms with Crippen LogP contribution in [0.15, 0.2) is 53.4 Å². The minimum atomic E-state index is -4.49. The van der Waals surface area contributed by atoms with E-state index in [9.17, 15) is 18.0 Å². The Balaban J connectivity index is 2.47. The van der Waals surface area contributed by atoms with Crippen LogP contribution in [0, 0.1) is 0 Å². The first-order chi connectivity index (χ1) is 11.7. The predicted molar refractivity (Wildman–Crippen MR) is 93.3 cm³/mol. The van der Waals surface area contributed by atoms with Gasteiger partial charge in [0.15, 0.2) is 0 Å². The summed E-state index contributed by atoms with van der Waals surface area (Å²) in [5.41, 5.74) is 5.83. The number of aldehydes is 1. The van der Waals surface area contributed by atoms with Gasteiger partial charge in [-0.15, -0.1) is 0 Å². The van der Waals surface area contributed by atoms with Crippen molar-refractivity contribution < 1.29 is 22.7 Å². The van der Waals surface area contributed by atoms with Crippen LogP contribution in [0.3, 0.4) is 0 Å². The molecule has 0 heterocycles. The fraction of sp³-hybridized carbons (Fsp3) is 0.125. The average molecular weight is 402 g/mol. The lowest BCUT2D eigenvalue weighted by molar-refractivity contribution is -0.138. The van der Waals surface area contributed by atoms with E-state index in [4.69, 9.17) is 33.7 Å². The third-order valence-corrected chi connectivity index (χ3v) is 6.27. The molecule has 2 N–H and O–H groups in total. The molecule has 0 aliphatic heterocycles. The van der Waals surface area contributed by atoms with Gasteiger partial charge in [-0.2, -0.15) is 0 Å². The Hall–Kier alpha value is -1.93. The first-order valence-electron chi connectivity index (χ1n) is 6.92. The number of nitrogens with two attached hydrogens (primary N) is 1. The van der Waals surface area contributed by atoms with E-state index >= 15 is 0 Å². The number of esters is 1. The van der Waals surface area contributed by atoms with E-state index < -0.39 is 27.1 Å². The summed E-state index contributed by atoms with van der Waals surface area (Å²) in [6.45, 7) is 0. The van der Waals surface area contributed by atoms with Crippen LogP contribution in [-0.4, -0.2) is 25.5 Å². The minimum Gasteiger partial charge on any atom is -0.424 e. The summed E-state index contributed by atoms with van der Waals surface area (Å²) in [5.74, 6) is -1.19. The second-order valence-corrected chi connectivity index (χ2v) is 8.06. The number of rotatable bonds is 6. The van der Waals surface area contributed by atoms with E-state index in [0.717, 1.165) is 12.1 Å². The number of para-hydroxylation sites is 1. The fourth-order valence-electron chi connectivity index (χ4n) is 1.96. The molecule has 0 bridgehead atoms. The summed E-state index contributed by atoms with van der Waals surface area (Å²) in [4.78, 5) is 20.5. The van der Waals surface area contributed by atoms with Gasteiger partial charge in [-0.25, -0.2) is 13.2 Å². The molecular weight excluding hydrogens is 389 g/mol. The first-order valence-corrected chi connectivity index (χ1v) is 9.16. The Labute approximate surface area is 154 Å². The maximum Gasteiger partial charge on any atom is 0.348 e. The van der Waals surface area contributed by atoms with Crippen molar-refractivity contribution in [3.63, 3.8) is 0 Å². The van der Waals surface area contributed by atoms with Gasteiger partial charge < -0.3 is 15.3 Å². The van der Waals surface area contributed by atoms with Crippen molar-refractivity contribution in [2.45, 2.75) is 16.2 Å². The second-order valence-electron chi connectivity index (χ2n) is 5.04. The zero-order valence-corrected chi connectivity index (χ0v) is 15.0. The zero-order chi connectivity index (χ0) is 18.7. The molecule has 0 saturated heterocycles. The van der Waals surface area contributed by atoms with Gasteiger partial charge in [0.25, 0.3) is 0 Å². The number of carbonyl (C=O) groups excluding carboxylic acids is 2. The molecule has 1 unspecified atom stereocenters. The van der Waals surface area contributed by atoms with Gasteiger partial charge in [0.2, 0.25) is 14.7 Å². The average Bonchev–Trinajstić information content (AvgIpc) is 2.58. The van der Waals surface area contributed by atoms with Crippen LogP contribution in [0.25, 0.3) is 0 Å². The van der Waals surface area contributed by atoms with E-state index in [-0.39, 0.29) is 27.0 Å². The molecule has 0 radical (unpaired) electrons. The summed E-state index contributed by atoms with van der Waals surface area (Å²) in [6, 6.07) is 11.2. The Kier molecular flexibility index (Phi) is 5.84. The Bertz CT molecular complexity index is 902. The van der Waals surface area contributed by atoms with Crippen LogP contribution >= 0.6 is 23.2 Å². The molecule has 25 heavy (non-hydrogen) atoms. The zero-order valence-electron chi connectivity index (χ0n) is 12.7. The van der Waals surface area contributed by atoms with E-state index in [1.54, 1.807) is 18.2 Å². The maximum absolute atomic E-state index is 12.9. The largest absolute Gasteiger partial charge is 0.424 e. The van der Waals surface area contributed by atoms with Crippen molar-refractivity contribution in [1.29, 1.82) is 0 Å². The second kappa shape index (κ2) is 7.53. The summed E-state index contributed by atoms with van der Waals surface area (Å²) in [7, 11) is -4.49. The van der Waals surface area contributed by atoms with Gasteiger partial charge >= 0.3 is 5.97 Å². The normalized spacial score (nSPS) is 13.7. The number of hydrogen-bond acceptors (Lipinski definition) is 6.